The molecule has 2 N–H and O–H groups in total. The monoisotopic (exact) mass is 484 g/mol. The first-order valence-electron chi connectivity index (χ1n) is 13.4. The van der Waals surface area contributed by atoms with Gasteiger partial charge in [-0.25, -0.2) is 0 Å². The minimum Gasteiger partial charge on any atom is -0.324 e. The molecule has 37 heavy (non-hydrogen) atoms. The van der Waals surface area contributed by atoms with E-state index in [-0.39, 0.29) is 23.3 Å². The van der Waals surface area contributed by atoms with Gasteiger partial charge in [-0.3, -0.25) is 10.1 Å². The number of rotatable bonds is 5. The van der Waals surface area contributed by atoms with Gasteiger partial charge in [0.15, 0.2) is 0 Å². The van der Waals surface area contributed by atoms with Gasteiger partial charge in [0.05, 0.1) is 0 Å². The summed E-state index contributed by atoms with van der Waals surface area (Å²) in [7, 11) is 0. The van der Waals surface area contributed by atoms with Crippen LogP contribution in [-0.4, -0.2) is 11.9 Å². The van der Waals surface area contributed by atoms with E-state index in [1.165, 1.54) is 16.7 Å². The Morgan fingerprint density at radius 1 is 0.730 bits per heavy atom. The molecule has 1 aliphatic carbocycles. The molecule has 3 aliphatic rings. The van der Waals surface area contributed by atoms with Crippen LogP contribution in [-0.2, 0) is 21.2 Å². The van der Waals surface area contributed by atoms with Crippen LogP contribution in [0.5, 0.6) is 0 Å². The molecule has 3 nitrogen and oxygen atoms in total. The lowest BCUT2D eigenvalue weighted by molar-refractivity contribution is -0.123. The van der Waals surface area contributed by atoms with E-state index in [4.69, 9.17) is 0 Å². The molecule has 0 bridgehead atoms. The third kappa shape index (κ3) is 2.63. The number of anilines is 1. The molecule has 2 heterocycles. The first kappa shape index (κ1) is 22.5. The van der Waals surface area contributed by atoms with Gasteiger partial charge in [0.1, 0.15) is 5.54 Å². The predicted octanol–water partition coefficient (Wildman–Crippen LogP) is 6.53. The van der Waals surface area contributed by atoms with E-state index in [9.17, 15) is 4.79 Å². The zero-order valence-electron chi connectivity index (χ0n) is 21.3. The molecule has 7 rings (SSSR count). The van der Waals surface area contributed by atoms with Crippen molar-refractivity contribution in [3.63, 3.8) is 0 Å². The molecule has 0 unspecified atom stereocenters. The smallest absolute Gasteiger partial charge is 0.250 e. The molecule has 5 atom stereocenters. The summed E-state index contributed by atoms with van der Waals surface area (Å²) in [6.07, 6.45) is 0.976. The number of para-hydroxylation sites is 1. The Kier molecular flexibility index (Phi) is 4.81. The van der Waals surface area contributed by atoms with Crippen LogP contribution in [0.1, 0.15) is 48.4 Å². The second-order valence-electron chi connectivity index (χ2n) is 11.3. The third-order valence-electron chi connectivity index (χ3n) is 9.23. The number of hydrogen-bond acceptors (Lipinski definition) is 2. The number of piperidine rings is 1. The van der Waals surface area contributed by atoms with Crippen LogP contribution < -0.4 is 10.6 Å². The summed E-state index contributed by atoms with van der Waals surface area (Å²) in [4.78, 5) is 14.5. The van der Waals surface area contributed by atoms with Crippen molar-refractivity contribution < 1.29 is 4.79 Å². The van der Waals surface area contributed by atoms with Crippen LogP contribution in [0.2, 0.25) is 0 Å². The fourth-order valence-electron chi connectivity index (χ4n) is 8.29. The van der Waals surface area contributed by atoms with Gasteiger partial charge >= 0.3 is 0 Å². The molecule has 1 amide bonds. The minimum atomic E-state index is -0.888. The molecular formula is C34H32N2O. The second kappa shape index (κ2) is 7.90. The van der Waals surface area contributed by atoms with Crippen molar-refractivity contribution in [2.45, 2.75) is 48.6 Å². The molecule has 2 aliphatic heterocycles. The van der Waals surface area contributed by atoms with Gasteiger partial charge in [0, 0.05) is 34.0 Å². The Balaban J connectivity index is 1.64. The average molecular weight is 485 g/mol. The Bertz CT molecular complexity index is 1470. The van der Waals surface area contributed by atoms with E-state index in [0.717, 1.165) is 17.7 Å². The summed E-state index contributed by atoms with van der Waals surface area (Å²) in [5, 5.41) is 7.36. The number of benzene rings is 4. The lowest BCUT2D eigenvalue weighted by Crippen LogP contribution is -2.56. The molecule has 1 saturated heterocycles. The summed E-state index contributed by atoms with van der Waals surface area (Å²) in [5.74, 6) is 0.661. The predicted molar refractivity (Wildman–Crippen MR) is 149 cm³/mol. The molecule has 4 aromatic carbocycles. The molecule has 2 fully saturated rings. The van der Waals surface area contributed by atoms with Gasteiger partial charge in [-0.15, -0.1) is 0 Å². The highest BCUT2D eigenvalue weighted by atomic mass is 16.2. The van der Waals surface area contributed by atoms with Gasteiger partial charge in [0.2, 0.25) is 5.91 Å². The topological polar surface area (TPSA) is 41.1 Å². The lowest BCUT2D eigenvalue weighted by atomic mass is 9.68. The van der Waals surface area contributed by atoms with Gasteiger partial charge in [0.25, 0.3) is 0 Å². The lowest BCUT2D eigenvalue weighted by Gasteiger charge is -2.37. The first-order chi connectivity index (χ1) is 18.1. The summed E-state index contributed by atoms with van der Waals surface area (Å²) < 4.78 is 0. The van der Waals surface area contributed by atoms with E-state index >= 15 is 0 Å². The molecule has 4 aromatic rings. The third-order valence-corrected chi connectivity index (χ3v) is 9.23. The Morgan fingerprint density at radius 2 is 1.30 bits per heavy atom. The zero-order valence-corrected chi connectivity index (χ0v) is 21.3. The number of carbonyl (C=O) groups excluding carboxylic acids is 1. The molecule has 3 heteroatoms. The van der Waals surface area contributed by atoms with Crippen molar-refractivity contribution in [1.82, 2.24) is 5.32 Å². The Morgan fingerprint density at radius 3 is 1.95 bits per heavy atom. The highest BCUT2D eigenvalue weighted by Crippen LogP contribution is 2.86. The highest BCUT2D eigenvalue weighted by molar-refractivity contribution is 6.09. The largest absolute Gasteiger partial charge is 0.324 e. The van der Waals surface area contributed by atoms with Gasteiger partial charge in [-0.1, -0.05) is 123 Å². The van der Waals surface area contributed by atoms with Crippen molar-refractivity contribution in [2.75, 3.05) is 5.32 Å². The molecule has 0 aromatic heterocycles. The SMILES string of the molecule is CC(C)C[C@H]1N[C@@]2(C(=O)Nc3ccccc32)[C@@]2(c3ccccc3)[C@H](c3ccccc3)[C@@]12c1ccccc1. The summed E-state index contributed by atoms with van der Waals surface area (Å²) in [6.45, 7) is 4.58. The fourth-order valence-corrected chi connectivity index (χ4v) is 8.29. The quantitative estimate of drug-likeness (QED) is 0.338. The van der Waals surface area contributed by atoms with Crippen LogP contribution in [0.25, 0.3) is 0 Å². The maximum absolute atomic E-state index is 14.5. The van der Waals surface area contributed by atoms with Crippen molar-refractivity contribution in [1.29, 1.82) is 0 Å². The van der Waals surface area contributed by atoms with Crippen molar-refractivity contribution in [3.05, 3.63) is 138 Å². The van der Waals surface area contributed by atoms with Gasteiger partial charge in [-0.2, -0.15) is 0 Å². The molecule has 0 radical (unpaired) electrons. The highest BCUT2D eigenvalue weighted by Gasteiger charge is 2.93. The number of nitrogens with one attached hydrogen (secondary N) is 2. The van der Waals surface area contributed by atoms with Crippen LogP contribution in [0, 0.1) is 5.92 Å². The van der Waals surface area contributed by atoms with E-state index in [1.54, 1.807) is 0 Å². The van der Waals surface area contributed by atoms with Gasteiger partial charge < -0.3 is 5.32 Å². The summed E-state index contributed by atoms with van der Waals surface area (Å²) in [5.41, 5.74) is 4.12. The summed E-state index contributed by atoms with van der Waals surface area (Å²) >= 11 is 0. The van der Waals surface area contributed by atoms with Gasteiger partial charge in [-0.05, 0) is 35.1 Å². The van der Waals surface area contributed by atoms with Crippen LogP contribution in [0.3, 0.4) is 0 Å². The van der Waals surface area contributed by atoms with Crippen molar-refractivity contribution >= 4 is 11.6 Å². The standard InChI is InChI=1S/C34H32N2O/c1-23(2)22-29-32(25-16-8-4-9-17-25)30(24-14-6-3-7-15-24)33(32,26-18-10-5-11-19-26)34(36-29)27-20-12-13-21-28(27)35-31(34)37/h3-21,23,29-30,36H,22H2,1-2H3,(H,35,37)/t29-,30-,32-,33+,34+/m1/s1. The number of fused-ring (bicyclic) bond motifs is 4. The van der Waals surface area contributed by atoms with E-state index < -0.39 is 11.0 Å². The van der Waals surface area contributed by atoms with Crippen molar-refractivity contribution in [2.24, 2.45) is 5.92 Å². The normalized spacial score (nSPS) is 31.3. The van der Waals surface area contributed by atoms with Crippen LogP contribution in [0.4, 0.5) is 5.69 Å². The average Bonchev–Trinajstić information content (AvgIpc) is 3.39. The molecule has 1 saturated carbocycles. The summed E-state index contributed by atoms with van der Waals surface area (Å²) in [6, 6.07) is 41.1. The number of carbonyl (C=O) groups is 1. The Hall–Kier alpha value is -3.69. The first-order valence-corrected chi connectivity index (χ1v) is 13.4. The van der Waals surface area contributed by atoms with E-state index in [2.05, 4.69) is 128 Å². The molecule has 184 valence electrons. The molecular weight excluding hydrogens is 452 g/mol. The fraction of sp³-hybridized carbons (Fsp3) is 0.265. The van der Waals surface area contributed by atoms with Crippen LogP contribution >= 0.6 is 0 Å². The number of amides is 1. The maximum atomic E-state index is 14.5. The maximum Gasteiger partial charge on any atom is 0.250 e. The molecule has 1 spiro atoms. The number of hydrogen-bond donors (Lipinski definition) is 2. The Labute approximate surface area is 218 Å². The second-order valence-corrected chi connectivity index (χ2v) is 11.3. The minimum absolute atomic E-state index is 0.0579. The van der Waals surface area contributed by atoms with E-state index in [0.29, 0.717) is 5.92 Å². The van der Waals surface area contributed by atoms with E-state index in [1.807, 2.05) is 12.1 Å². The van der Waals surface area contributed by atoms with Crippen LogP contribution in [0.15, 0.2) is 115 Å². The van der Waals surface area contributed by atoms with Crippen molar-refractivity contribution in [3.8, 4) is 0 Å². The zero-order chi connectivity index (χ0) is 25.3.